The van der Waals surface area contributed by atoms with Gasteiger partial charge >= 0.3 is 0 Å². The highest BCUT2D eigenvalue weighted by Gasteiger charge is 2.38. The Balaban J connectivity index is 1.54. The lowest BCUT2D eigenvalue weighted by atomic mass is 10.2. The number of hydrogen-bond donors (Lipinski definition) is 1. The minimum absolute atomic E-state index is 0.213. The zero-order chi connectivity index (χ0) is 20.4. The number of carbonyl (C=O) groups is 1. The topological polar surface area (TPSA) is 92.3 Å². The van der Waals surface area contributed by atoms with Gasteiger partial charge in [0.05, 0.1) is 10.9 Å². The molecule has 7 nitrogen and oxygen atoms in total. The summed E-state index contributed by atoms with van der Waals surface area (Å²) in [4.78, 5) is 12.8. The van der Waals surface area contributed by atoms with Gasteiger partial charge in [-0.3, -0.25) is 4.79 Å². The van der Waals surface area contributed by atoms with E-state index in [-0.39, 0.29) is 15.8 Å². The molecule has 0 bridgehead atoms. The van der Waals surface area contributed by atoms with Crippen LogP contribution in [0.3, 0.4) is 0 Å². The summed E-state index contributed by atoms with van der Waals surface area (Å²) in [7, 11) is -3.63. The lowest BCUT2D eigenvalue weighted by molar-refractivity contribution is 0.102. The molecular formula is C20H20N4O3S2. The third-order valence-electron chi connectivity index (χ3n) is 4.78. The smallest absolute Gasteiger partial charge is 0.286 e. The quantitative estimate of drug-likeness (QED) is 0.670. The van der Waals surface area contributed by atoms with Crippen LogP contribution in [0.25, 0.3) is 0 Å². The van der Waals surface area contributed by atoms with E-state index in [9.17, 15) is 13.2 Å². The van der Waals surface area contributed by atoms with Crippen molar-refractivity contribution >= 4 is 33.0 Å². The Hall–Kier alpha value is -2.62. The SMILES string of the molecule is Cc1ccc(NC(=O)c2nnc(C3CCCN3S(=O)(=O)c3ccccc3)s2)cc1. The van der Waals surface area contributed by atoms with Gasteiger partial charge in [0.1, 0.15) is 5.01 Å². The third kappa shape index (κ3) is 4.07. The molecule has 1 aliphatic heterocycles. The van der Waals surface area contributed by atoms with Crippen LogP contribution in [0.5, 0.6) is 0 Å². The van der Waals surface area contributed by atoms with Gasteiger partial charge in [-0.15, -0.1) is 10.2 Å². The van der Waals surface area contributed by atoms with E-state index < -0.39 is 16.1 Å². The molecule has 3 aromatic rings. The molecule has 1 amide bonds. The van der Waals surface area contributed by atoms with Crippen LogP contribution in [0.15, 0.2) is 59.5 Å². The van der Waals surface area contributed by atoms with E-state index in [1.54, 1.807) is 30.3 Å². The molecule has 1 aromatic heterocycles. The van der Waals surface area contributed by atoms with Crippen molar-refractivity contribution in [3.8, 4) is 0 Å². The first-order valence-corrected chi connectivity index (χ1v) is 11.5. The van der Waals surface area contributed by atoms with Crippen LogP contribution in [0, 0.1) is 6.92 Å². The number of nitrogens with zero attached hydrogens (tertiary/aromatic N) is 3. The lowest BCUT2D eigenvalue weighted by Gasteiger charge is -2.22. The van der Waals surface area contributed by atoms with E-state index in [1.807, 2.05) is 31.2 Å². The maximum absolute atomic E-state index is 13.0. The summed E-state index contributed by atoms with van der Waals surface area (Å²) in [5.41, 5.74) is 1.77. The predicted molar refractivity (Wildman–Crippen MR) is 111 cm³/mol. The number of sulfonamides is 1. The van der Waals surface area contributed by atoms with Crippen LogP contribution in [0.1, 0.15) is 39.3 Å². The van der Waals surface area contributed by atoms with Crippen molar-refractivity contribution < 1.29 is 13.2 Å². The van der Waals surface area contributed by atoms with Gasteiger partial charge in [0.15, 0.2) is 0 Å². The highest BCUT2D eigenvalue weighted by Crippen LogP contribution is 2.37. The summed E-state index contributed by atoms with van der Waals surface area (Å²) < 4.78 is 27.5. The first-order valence-electron chi connectivity index (χ1n) is 9.23. The fourth-order valence-electron chi connectivity index (χ4n) is 3.28. The zero-order valence-electron chi connectivity index (χ0n) is 15.8. The minimum atomic E-state index is -3.63. The normalized spacial score (nSPS) is 17.3. The second-order valence-electron chi connectivity index (χ2n) is 6.85. The van der Waals surface area contributed by atoms with Crippen LogP contribution < -0.4 is 5.32 Å². The first kappa shape index (κ1) is 19.7. The van der Waals surface area contributed by atoms with E-state index in [0.29, 0.717) is 23.7 Å². The fourth-order valence-corrected chi connectivity index (χ4v) is 5.92. The number of hydrogen-bond acceptors (Lipinski definition) is 6. The molecule has 150 valence electrons. The molecule has 0 saturated carbocycles. The number of nitrogens with one attached hydrogen (secondary N) is 1. The number of amides is 1. The largest absolute Gasteiger partial charge is 0.320 e. The van der Waals surface area contributed by atoms with Crippen molar-refractivity contribution in [2.45, 2.75) is 30.7 Å². The van der Waals surface area contributed by atoms with E-state index in [0.717, 1.165) is 23.3 Å². The summed E-state index contributed by atoms with van der Waals surface area (Å²) >= 11 is 1.14. The Labute approximate surface area is 173 Å². The lowest BCUT2D eigenvalue weighted by Crippen LogP contribution is -2.30. The summed E-state index contributed by atoms with van der Waals surface area (Å²) in [6, 6.07) is 15.4. The molecule has 1 atom stereocenters. The van der Waals surface area contributed by atoms with E-state index in [2.05, 4.69) is 15.5 Å². The molecule has 2 heterocycles. The van der Waals surface area contributed by atoms with Gasteiger partial charge in [-0.1, -0.05) is 47.2 Å². The third-order valence-corrected chi connectivity index (χ3v) is 7.73. The molecule has 0 aliphatic carbocycles. The molecule has 1 saturated heterocycles. The average Bonchev–Trinajstić information content (AvgIpc) is 3.40. The van der Waals surface area contributed by atoms with Gasteiger partial charge in [0.25, 0.3) is 5.91 Å². The number of rotatable bonds is 5. The molecule has 2 aromatic carbocycles. The highest BCUT2D eigenvalue weighted by atomic mass is 32.2. The van der Waals surface area contributed by atoms with Crippen molar-refractivity contribution in [3.05, 3.63) is 70.2 Å². The predicted octanol–water partition coefficient (Wildman–Crippen LogP) is 3.62. The second kappa shape index (κ2) is 8.02. The van der Waals surface area contributed by atoms with Crippen molar-refractivity contribution in [1.29, 1.82) is 0 Å². The van der Waals surface area contributed by atoms with Gasteiger partial charge in [-0.2, -0.15) is 4.31 Å². The molecule has 1 unspecified atom stereocenters. The van der Waals surface area contributed by atoms with Gasteiger partial charge in [-0.05, 0) is 44.0 Å². The van der Waals surface area contributed by atoms with E-state index >= 15 is 0 Å². The highest BCUT2D eigenvalue weighted by molar-refractivity contribution is 7.89. The second-order valence-corrected chi connectivity index (χ2v) is 9.75. The van der Waals surface area contributed by atoms with Crippen LogP contribution >= 0.6 is 11.3 Å². The Morgan fingerprint density at radius 3 is 2.55 bits per heavy atom. The zero-order valence-corrected chi connectivity index (χ0v) is 17.4. The molecule has 1 aliphatic rings. The molecule has 1 N–H and O–H groups in total. The molecule has 1 fully saturated rings. The summed E-state index contributed by atoms with van der Waals surface area (Å²) in [5.74, 6) is -0.354. The number of aryl methyl sites for hydroxylation is 1. The summed E-state index contributed by atoms with van der Waals surface area (Å²) in [6.45, 7) is 2.39. The van der Waals surface area contributed by atoms with Crippen molar-refractivity contribution in [3.63, 3.8) is 0 Å². The van der Waals surface area contributed by atoms with Crippen LogP contribution in [0.4, 0.5) is 5.69 Å². The van der Waals surface area contributed by atoms with Crippen LogP contribution in [-0.2, 0) is 10.0 Å². The van der Waals surface area contributed by atoms with E-state index in [4.69, 9.17) is 0 Å². The maximum Gasteiger partial charge on any atom is 0.286 e. The number of carbonyl (C=O) groups excluding carboxylic acids is 1. The number of aromatic nitrogens is 2. The summed E-state index contributed by atoms with van der Waals surface area (Å²) in [6.07, 6.45) is 1.39. The van der Waals surface area contributed by atoms with E-state index in [1.165, 1.54) is 4.31 Å². The molecule has 0 radical (unpaired) electrons. The minimum Gasteiger partial charge on any atom is -0.320 e. The molecular weight excluding hydrogens is 408 g/mol. The number of benzene rings is 2. The molecule has 0 spiro atoms. The molecule has 29 heavy (non-hydrogen) atoms. The van der Waals surface area contributed by atoms with Crippen molar-refractivity contribution in [2.24, 2.45) is 0 Å². The number of anilines is 1. The van der Waals surface area contributed by atoms with Crippen LogP contribution in [0.2, 0.25) is 0 Å². The fraction of sp³-hybridized carbons (Fsp3) is 0.250. The molecule has 9 heteroatoms. The average molecular weight is 429 g/mol. The Kier molecular flexibility index (Phi) is 5.44. The van der Waals surface area contributed by atoms with Gasteiger partial charge < -0.3 is 5.32 Å². The van der Waals surface area contributed by atoms with Crippen molar-refractivity contribution in [2.75, 3.05) is 11.9 Å². The van der Waals surface area contributed by atoms with Gasteiger partial charge in [-0.25, -0.2) is 8.42 Å². The van der Waals surface area contributed by atoms with Gasteiger partial charge in [0.2, 0.25) is 15.0 Å². The Bertz CT molecular complexity index is 1110. The monoisotopic (exact) mass is 428 g/mol. The Morgan fingerprint density at radius 1 is 1.10 bits per heavy atom. The first-order chi connectivity index (χ1) is 13.9. The maximum atomic E-state index is 13.0. The summed E-state index contributed by atoms with van der Waals surface area (Å²) in [5, 5.41) is 11.7. The Morgan fingerprint density at radius 2 is 1.83 bits per heavy atom. The van der Waals surface area contributed by atoms with Gasteiger partial charge in [0, 0.05) is 12.2 Å². The standard InChI is InChI=1S/C20H20N4O3S2/c1-14-9-11-15(12-10-14)21-18(25)20-23-22-19(28-20)17-8-5-13-24(17)29(26,27)16-6-3-2-4-7-16/h2-4,6-7,9-12,17H,5,8,13H2,1H3,(H,21,25). The van der Waals surface area contributed by atoms with Crippen LogP contribution in [-0.4, -0.2) is 35.4 Å². The van der Waals surface area contributed by atoms with Crippen molar-refractivity contribution in [1.82, 2.24) is 14.5 Å². The molecule has 4 rings (SSSR count).